The molecule has 0 spiro atoms. The average Bonchev–Trinajstić information content (AvgIpc) is 2.77. The van der Waals surface area contributed by atoms with Crippen LogP contribution < -0.4 is 5.73 Å². The van der Waals surface area contributed by atoms with E-state index >= 15 is 0 Å². The summed E-state index contributed by atoms with van der Waals surface area (Å²) in [6.07, 6.45) is 1.89. The van der Waals surface area contributed by atoms with E-state index in [2.05, 4.69) is 11.2 Å². The van der Waals surface area contributed by atoms with Gasteiger partial charge < -0.3 is 5.73 Å². The second-order valence-corrected chi connectivity index (χ2v) is 4.43. The second kappa shape index (κ2) is 4.14. The van der Waals surface area contributed by atoms with Crippen molar-refractivity contribution in [3.05, 3.63) is 53.7 Å². The first kappa shape index (κ1) is 11.3. The third-order valence-corrected chi connectivity index (χ3v) is 3.20. The molecular weight excluding hydrogens is 236 g/mol. The van der Waals surface area contributed by atoms with E-state index < -0.39 is 0 Å². The zero-order valence-electron chi connectivity index (χ0n) is 10.5. The molecule has 0 aliphatic rings. The van der Waals surface area contributed by atoms with Crippen LogP contribution in [-0.4, -0.2) is 9.78 Å². The van der Waals surface area contributed by atoms with Crippen LogP contribution in [-0.2, 0) is 0 Å². The van der Waals surface area contributed by atoms with E-state index in [9.17, 15) is 0 Å². The third kappa shape index (κ3) is 1.72. The van der Waals surface area contributed by atoms with E-state index in [-0.39, 0.29) is 0 Å². The van der Waals surface area contributed by atoms with Crippen LogP contribution in [0.25, 0.3) is 16.5 Å². The number of nitrogens with two attached hydrogens (primary N) is 1. The molecule has 0 amide bonds. The summed E-state index contributed by atoms with van der Waals surface area (Å²) in [5.74, 6) is 0.522. The molecule has 0 saturated carbocycles. The fourth-order valence-corrected chi connectivity index (χ4v) is 2.18. The Kier molecular flexibility index (Phi) is 2.46. The molecule has 0 radical (unpaired) electrons. The van der Waals surface area contributed by atoms with Crippen molar-refractivity contribution < 1.29 is 0 Å². The van der Waals surface area contributed by atoms with Crippen LogP contribution in [0.4, 0.5) is 5.82 Å². The SMILES string of the molecule is Cc1cn(-c2ccc(C#N)c3ccccc23)nc1N. The molecule has 92 valence electrons. The number of aromatic nitrogens is 2. The van der Waals surface area contributed by atoms with Gasteiger partial charge in [0.15, 0.2) is 0 Å². The van der Waals surface area contributed by atoms with Gasteiger partial charge >= 0.3 is 0 Å². The lowest BCUT2D eigenvalue weighted by atomic mass is 10.0. The molecular formula is C15H12N4. The van der Waals surface area contributed by atoms with Crippen molar-refractivity contribution in [2.45, 2.75) is 6.92 Å². The highest BCUT2D eigenvalue weighted by Gasteiger charge is 2.09. The molecule has 1 aromatic heterocycles. The number of aryl methyl sites for hydroxylation is 1. The Hall–Kier alpha value is -2.80. The predicted octanol–water partition coefficient (Wildman–Crippen LogP) is 2.79. The standard InChI is InChI=1S/C15H12N4/c1-10-9-19(18-15(10)17)14-7-6-11(8-16)12-4-2-3-5-13(12)14/h2-7,9H,1H3,(H2,17,18). The van der Waals surface area contributed by atoms with E-state index in [1.165, 1.54) is 0 Å². The molecule has 0 atom stereocenters. The van der Waals surface area contributed by atoms with Gasteiger partial charge in [0.1, 0.15) is 5.82 Å². The van der Waals surface area contributed by atoms with Crippen LogP contribution in [0.1, 0.15) is 11.1 Å². The number of rotatable bonds is 1. The maximum absolute atomic E-state index is 9.15. The van der Waals surface area contributed by atoms with Gasteiger partial charge in [0.2, 0.25) is 0 Å². The fourth-order valence-electron chi connectivity index (χ4n) is 2.18. The molecule has 2 aromatic carbocycles. The molecule has 19 heavy (non-hydrogen) atoms. The number of anilines is 1. The fraction of sp³-hybridized carbons (Fsp3) is 0.0667. The Bertz CT molecular complexity index is 789. The minimum Gasteiger partial charge on any atom is -0.382 e. The Balaban J connectivity index is 2.34. The molecule has 3 rings (SSSR count). The van der Waals surface area contributed by atoms with E-state index in [1.54, 1.807) is 4.68 Å². The predicted molar refractivity (Wildman–Crippen MR) is 74.9 cm³/mol. The summed E-state index contributed by atoms with van der Waals surface area (Å²) in [7, 11) is 0. The highest BCUT2D eigenvalue weighted by atomic mass is 15.3. The molecule has 0 aliphatic carbocycles. The quantitative estimate of drug-likeness (QED) is 0.720. The van der Waals surface area contributed by atoms with Crippen molar-refractivity contribution in [2.24, 2.45) is 0 Å². The highest BCUT2D eigenvalue weighted by molar-refractivity contribution is 5.94. The van der Waals surface area contributed by atoms with Crippen LogP contribution in [0.3, 0.4) is 0 Å². The van der Waals surface area contributed by atoms with Crippen LogP contribution in [0, 0.1) is 18.3 Å². The topological polar surface area (TPSA) is 67.6 Å². The number of benzene rings is 2. The van der Waals surface area contributed by atoms with Gasteiger partial charge in [-0.15, -0.1) is 0 Å². The summed E-state index contributed by atoms with van der Waals surface area (Å²) < 4.78 is 1.76. The number of hydrogen-bond acceptors (Lipinski definition) is 3. The normalized spacial score (nSPS) is 10.5. The lowest BCUT2D eigenvalue weighted by molar-refractivity contribution is 0.892. The van der Waals surface area contributed by atoms with Crippen LogP contribution in [0.2, 0.25) is 0 Å². The van der Waals surface area contributed by atoms with Gasteiger partial charge in [0.05, 0.1) is 17.3 Å². The van der Waals surface area contributed by atoms with E-state index in [4.69, 9.17) is 11.0 Å². The van der Waals surface area contributed by atoms with Crippen LogP contribution in [0.5, 0.6) is 0 Å². The zero-order valence-corrected chi connectivity index (χ0v) is 10.5. The van der Waals surface area contributed by atoms with Crippen LogP contribution in [0.15, 0.2) is 42.6 Å². The largest absolute Gasteiger partial charge is 0.382 e. The van der Waals surface area contributed by atoms with E-state index in [1.807, 2.05) is 49.5 Å². The number of fused-ring (bicyclic) bond motifs is 1. The van der Waals surface area contributed by atoms with Crippen LogP contribution >= 0.6 is 0 Å². The molecule has 0 unspecified atom stereocenters. The summed E-state index contributed by atoms with van der Waals surface area (Å²) in [5.41, 5.74) is 8.32. The first-order chi connectivity index (χ1) is 9.20. The smallest absolute Gasteiger partial charge is 0.148 e. The molecule has 0 fully saturated rings. The first-order valence-electron chi connectivity index (χ1n) is 5.94. The Labute approximate surface area is 110 Å². The lowest BCUT2D eigenvalue weighted by Gasteiger charge is -2.07. The van der Waals surface area contributed by atoms with Crippen molar-refractivity contribution in [3.63, 3.8) is 0 Å². The van der Waals surface area contributed by atoms with Gasteiger partial charge in [-0.1, -0.05) is 24.3 Å². The second-order valence-electron chi connectivity index (χ2n) is 4.43. The van der Waals surface area contributed by atoms with Gasteiger partial charge in [-0.25, -0.2) is 4.68 Å². The van der Waals surface area contributed by atoms with Gasteiger partial charge in [-0.05, 0) is 19.1 Å². The minimum absolute atomic E-state index is 0.522. The first-order valence-corrected chi connectivity index (χ1v) is 5.94. The maximum Gasteiger partial charge on any atom is 0.148 e. The minimum atomic E-state index is 0.522. The molecule has 2 N–H and O–H groups in total. The Morgan fingerprint density at radius 2 is 1.89 bits per heavy atom. The summed E-state index contributed by atoms with van der Waals surface area (Å²) in [6, 6.07) is 13.7. The summed E-state index contributed by atoms with van der Waals surface area (Å²) in [5, 5.41) is 15.4. The number of nitrogens with zero attached hydrogens (tertiary/aromatic N) is 3. The van der Waals surface area contributed by atoms with Gasteiger partial charge in [-0.2, -0.15) is 10.4 Å². The molecule has 3 aromatic rings. The lowest BCUT2D eigenvalue weighted by Crippen LogP contribution is -1.98. The Morgan fingerprint density at radius 1 is 1.16 bits per heavy atom. The van der Waals surface area contributed by atoms with Gasteiger partial charge in [-0.3, -0.25) is 0 Å². The average molecular weight is 248 g/mol. The van der Waals surface area contributed by atoms with E-state index in [0.717, 1.165) is 22.0 Å². The number of nitrogen functional groups attached to an aromatic ring is 1. The van der Waals surface area contributed by atoms with Crippen molar-refractivity contribution in [1.82, 2.24) is 9.78 Å². The molecule has 1 heterocycles. The summed E-state index contributed by atoms with van der Waals surface area (Å²) >= 11 is 0. The molecule has 0 aliphatic heterocycles. The third-order valence-electron chi connectivity index (χ3n) is 3.20. The monoisotopic (exact) mass is 248 g/mol. The molecule has 0 bridgehead atoms. The maximum atomic E-state index is 9.15. The number of nitriles is 1. The molecule has 4 heteroatoms. The zero-order chi connectivity index (χ0) is 13.4. The van der Waals surface area contributed by atoms with Gasteiger partial charge in [0.25, 0.3) is 0 Å². The molecule has 0 saturated heterocycles. The summed E-state index contributed by atoms with van der Waals surface area (Å²) in [6.45, 7) is 1.92. The summed E-state index contributed by atoms with van der Waals surface area (Å²) in [4.78, 5) is 0. The molecule has 4 nitrogen and oxygen atoms in total. The van der Waals surface area contributed by atoms with Crippen molar-refractivity contribution >= 4 is 16.6 Å². The number of hydrogen-bond donors (Lipinski definition) is 1. The van der Waals surface area contributed by atoms with Crippen molar-refractivity contribution in [3.8, 4) is 11.8 Å². The highest BCUT2D eigenvalue weighted by Crippen LogP contribution is 2.25. The van der Waals surface area contributed by atoms with Gasteiger partial charge in [0, 0.05) is 22.5 Å². The van der Waals surface area contributed by atoms with Crippen molar-refractivity contribution in [2.75, 3.05) is 5.73 Å². The van der Waals surface area contributed by atoms with E-state index in [0.29, 0.717) is 11.4 Å². The Morgan fingerprint density at radius 3 is 2.53 bits per heavy atom. The van der Waals surface area contributed by atoms with Crippen molar-refractivity contribution in [1.29, 1.82) is 5.26 Å².